The molecule has 0 aromatic heterocycles. The Bertz CT molecular complexity index is 851. The van der Waals surface area contributed by atoms with Crippen LogP contribution in [0.25, 0.3) is 0 Å². The van der Waals surface area contributed by atoms with Crippen LogP contribution in [0.5, 0.6) is 11.5 Å². The van der Waals surface area contributed by atoms with E-state index in [9.17, 15) is 0 Å². The molecule has 2 aliphatic heterocycles. The second kappa shape index (κ2) is 7.40. The minimum absolute atomic E-state index is 0.371. The molecule has 2 aromatic rings. The SMILES string of the molecule is CN(CCc1ccc2c(c1)CCS2)C[C@@H]1CCCc2c1ccc1c2OCO1. The Morgan fingerprint density at radius 3 is 3.07 bits per heavy atom. The Morgan fingerprint density at radius 1 is 1.15 bits per heavy atom. The Labute approximate surface area is 166 Å². The first-order chi connectivity index (χ1) is 13.3. The third-order valence-electron chi connectivity index (χ3n) is 6.17. The molecule has 0 spiro atoms. The van der Waals surface area contributed by atoms with Gasteiger partial charge in [0.25, 0.3) is 0 Å². The van der Waals surface area contributed by atoms with Gasteiger partial charge in [0.1, 0.15) is 0 Å². The van der Waals surface area contributed by atoms with Crippen LogP contribution in [0.2, 0.25) is 0 Å². The standard InChI is InChI=1S/C23H27NO2S/c1-24(11-9-16-5-8-22-17(13-16)10-12-27-22)14-18-3-2-4-20-19(18)6-7-21-23(20)26-15-25-21/h5-8,13,18H,2-4,9-12,14-15H2,1H3/t18-/m0/s1. The number of aryl methyl sites for hydroxylation is 1. The summed E-state index contributed by atoms with van der Waals surface area (Å²) in [6.45, 7) is 2.60. The van der Waals surface area contributed by atoms with Gasteiger partial charge in [-0.25, -0.2) is 0 Å². The van der Waals surface area contributed by atoms with E-state index in [4.69, 9.17) is 9.47 Å². The van der Waals surface area contributed by atoms with Crippen LogP contribution in [0.15, 0.2) is 35.2 Å². The highest BCUT2D eigenvalue weighted by molar-refractivity contribution is 7.99. The molecule has 142 valence electrons. The number of hydrogen-bond acceptors (Lipinski definition) is 4. The van der Waals surface area contributed by atoms with E-state index >= 15 is 0 Å². The fraction of sp³-hybridized carbons (Fsp3) is 0.478. The molecule has 0 radical (unpaired) electrons. The van der Waals surface area contributed by atoms with Gasteiger partial charge < -0.3 is 14.4 Å². The van der Waals surface area contributed by atoms with Gasteiger partial charge in [0.05, 0.1) is 0 Å². The van der Waals surface area contributed by atoms with Crippen LogP contribution in [0.1, 0.15) is 41.0 Å². The summed E-state index contributed by atoms with van der Waals surface area (Å²) < 4.78 is 11.3. The average Bonchev–Trinajstić information content (AvgIpc) is 3.35. The average molecular weight is 382 g/mol. The van der Waals surface area contributed by atoms with Gasteiger partial charge in [-0.1, -0.05) is 18.2 Å². The van der Waals surface area contributed by atoms with Gasteiger partial charge in [-0.05, 0) is 73.9 Å². The first kappa shape index (κ1) is 17.4. The lowest BCUT2D eigenvalue weighted by molar-refractivity contribution is 0.173. The zero-order chi connectivity index (χ0) is 18.2. The molecule has 2 heterocycles. The number of ether oxygens (including phenoxy) is 2. The predicted octanol–water partition coefficient (Wildman–Crippen LogP) is 4.66. The summed E-state index contributed by atoms with van der Waals surface area (Å²) in [6.07, 6.45) is 6.00. The molecule has 0 saturated carbocycles. The first-order valence-electron chi connectivity index (χ1n) is 10.1. The molecule has 5 rings (SSSR count). The molecular weight excluding hydrogens is 354 g/mol. The highest BCUT2D eigenvalue weighted by atomic mass is 32.2. The van der Waals surface area contributed by atoms with E-state index in [-0.39, 0.29) is 0 Å². The number of likely N-dealkylation sites (N-methyl/N-ethyl adjacent to an activating group) is 1. The molecule has 4 heteroatoms. The van der Waals surface area contributed by atoms with Crippen LogP contribution < -0.4 is 9.47 Å². The van der Waals surface area contributed by atoms with Crippen LogP contribution in [0, 0.1) is 0 Å². The van der Waals surface area contributed by atoms with Crippen molar-refractivity contribution in [1.82, 2.24) is 4.90 Å². The second-order valence-corrected chi connectivity index (χ2v) is 9.15. The van der Waals surface area contributed by atoms with E-state index in [1.54, 1.807) is 5.56 Å². The predicted molar refractivity (Wildman–Crippen MR) is 110 cm³/mol. The third-order valence-corrected chi connectivity index (χ3v) is 7.28. The van der Waals surface area contributed by atoms with Crippen molar-refractivity contribution in [2.75, 3.05) is 32.7 Å². The fourth-order valence-corrected chi connectivity index (χ4v) is 5.79. The van der Waals surface area contributed by atoms with Crippen LogP contribution in [-0.4, -0.2) is 37.6 Å². The lowest BCUT2D eigenvalue weighted by atomic mass is 9.82. The van der Waals surface area contributed by atoms with Crippen molar-refractivity contribution in [2.45, 2.75) is 42.9 Å². The molecule has 3 aliphatic rings. The second-order valence-electron chi connectivity index (χ2n) is 8.01. The molecule has 3 nitrogen and oxygen atoms in total. The topological polar surface area (TPSA) is 21.7 Å². The molecule has 0 N–H and O–H groups in total. The molecule has 1 atom stereocenters. The first-order valence-corrected chi connectivity index (χ1v) is 11.1. The molecule has 0 amide bonds. The van der Waals surface area contributed by atoms with E-state index in [0.29, 0.717) is 12.7 Å². The highest BCUT2D eigenvalue weighted by Crippen LogP contribution is 2.44. The fourth-order valence-electron chi connectivity index (χ4n) is 4.74. The van der Waals surface area contributed by atoms with Crippen LogP contribution >= 0.6 is 11.8 Å². The van der Waals surface area contributed by atoms with Gasteiger partial charge in [0.2, 0.25) is 6.79 Å². The minimum atomic E-state index is 0.371. The Morgan fingerprint density at radius 2 is 2.11 bits per heavy atom. The number of nitrogens with zero attached hydrogens (tertiary/aromatic N) is 1. The quantitative estimate of drug-likeness (QED) is 0.751. The lowest BCUT2D eigenvalue weighted by Crippen LogP contribution is -2.28. The van der Waals surface area contributed by atoms with Gasteiger partial charge in [0, 0.05) is 29.3 Å². The van der Waals surface area contributed by atoms with Crippen molar-refractivity contribution in [3.05, 3.63) is 52.6 Å². The van der Waals surface area contributed by atoms with E-state index in [1.807, 2.05) is 11.8 Å². The van der Waals surface area contributed by atoms with Crippen molar-refractivity contribution in [2.24, 2.45) is 0 Å². The molecular formula is C23H27NO2S. The monoisotopic (exact) mass is 381 g/mol. The van der Waals surface area contributed by atoms with E-state index in [2.05, 4.69) is 42.3 Å². The van der Waals surface area contributed by atoms with Crippen molar-refractivity contribution < 1.29 is 9.47 Å². The molecule has 0 unspecified atom stereocenters. The minimum Gasteiger partial charge on any atom is -0.454 e. The lowest BCUT2D eigenvalue weighted by Gasteiger charge is -2.30. The van der Waals surface area contributed by atoms with Gasteiger partial charge in [-0.3, -0.25) is 0 Å². The van der Waals surface area contributed by atoms with Gasteiger partial charge >= 0.3 is 0 Å². The largest absolute Gasteiger partial charge is 0.454 e. The normalized spacial score (nSPS) is 20.0. The third kappa shape index (κ3) is 3.45. The van der Waals surface area contributed by atoms with Gasteiger partial charge in [-0.15, -0.1) is 11.8 Å². The molecule has 0 bridgehead atoms. The molecule has 27 heavy (non-hydrogen) atoms. The van der Waals surface area contributed by atoms with Gasteiger partial charge in [-0.2, -0.15) is 0 Å². The van der Waals surface area contributed by atoms with Crippen LogP contribution in [0.4, 0.5) is 0 Å². The maximum atomic E-state index is 5.75. The molecule has 1 aliphatic carbocycles. The maximum Gasteiger partial charge on any atom is 0.231 e. The van der Waals surface area contributed by atoms with E-state index in [1.165, 1.54) is 46.6 Å². The van der Waals surface area contributed by atoms with Crippen molar-refractivity contribution in [1.29, 1.82) is 0 Å². The Hall–Kier alpha value is -1.65. The number of thioether (sulfide) groups is 1. The smallest absolute Gasteiger partial charge is 0.231 e. The Balaban J connectivity index is 1.24. The molecule has 0 saturated heterocycles. The summed E-state index contributed by atoms with van der Waals surface area (Å²) in [5.41, 5.74) is 5.91. The van der Waals surface area contributed by atoms with E-state index < -0.39 is 0 Å². The van der Waals surface area contributed by atoms with Crippen molar-refractivity contribution in [3.8, 4) is 11.5 Å². The summed E-state index contributed by atoms with van der Waals surface area (Å²) in [4.78, 5) is 4.00. The number of rotatable bonds is 5. The summed E-state index contributed by atoms with van der Waals surface area (Å²) >= 11 is 2.00. The maximum absolute atomic E-state index is 5.75. The zero-order valence-corrected chi connectivity index (χ0v) is 16.8. The molecule has 0 fully saturated rings. The highest BCUT2D eigenvalue weighted by Gasteiger charge is 2.28. The van der Waals surface area contributed by atoms with Crippen LogP contribution in [-0.2, 0) is 19.3 Å². The van der Waals surface area contributed by atoms with Crippen molar-refractivity contribution >= 4 is 11.8 Å². The zero-order valence-electron chi connectivity index (χ0n) is 16.0. The van der Waals surface area contributed by atoms with E-state index in [0.717, 1.165) is 37.4 Å². The summed E-state index contributed by atoms with van der Waals surface area (Å²) in [5.74, 6) is 3.79. The van der Waals surface area contributed by atoms with Crippen molar-refractivity contribution in [3.63, 3.8) is 0 Å². The number of benzene rings is 2. The van der Waals surface area contributed by atoms with Crippen LogP contribution in [0.3, 0.4) is 0 Å². The number of hydrogen-bond donors (Lipinski definition) is 0. The molecule has 2 aromatic carbocycles. The van der Waals surface area contributed by atoms with Gasteiger partial charge in [0.15, 0.2) is 11.5 Å². The summed E-state index contributed by atoms with van der Waals surface area (Å²) in [5, 5.41) is 0. The summed E-state index contributed by atoms with van der Waals surface area (Å²) in [7, 11) is 2.27. The summed E-state index contributed by atoms with van der Waals surface area (Å²) in [6, 6.07) is 11.4. The number of fused-ring (bicyclic) bond motifs is 4. The Kier molecular flexibility index (Phi) is 4.78.